The molecule has 0 bridgehead atoms. The van der Waals surface area contributed by atoms with Crippen molar-refractivity contribution in [2.75, 3.05) is 20.1 Å². The Morgan fingerprint density at radius 1 is 1.16 bits per heavy atom. The first-order valence-electron chi connectivity index (χ1n) is 7.80. The van der Waals surface area contributed by atoms with E-state index in [1.807, 2.05) is 0 Å². The minimum absolute atomic E-state index is 0.608. The van der Waals surface area contributed by atoms with E-state index in [1.54, 1.807) is 0 Å². The Kier molecular flexibility index (Phi) is 3.90. The van der Waals surface area contributed by atoms with E-state index in [2.05, 4.69) is 48.5 Å². The van der Waals surface area contributed by atoms with E-state index in [-0.39, 0.29) is 0 Å². The topological polar surface area (TPSA) is 15.3 Å². The van der Waals surface area contributed by atoms with Crippen LogP contribution in [-0.2, 0) is 6.42 Å². The second kappa shape index (κ2) is 5.64. The fourth-order valence-electron chi connectivity index (χ4n) is 3.32. The summed E-state index contributed by atoms with van der Waals surface area (Å²) in [7, 11) is 2.27. The minimum atomic E-state index is 0.608. The lowest BCUT2D eigenvalue weighted by atomic mass is 9.93. The Morgan fingerprint density at radius 3 is 2.53 bits per heavy atom. The molecule has 2 nitrogen and oxygen atoms in total. The van der Waals surface area contributed by atoms with E-state index in [1.165, 1.54) is 43.5 Å². The smallest absolute Gasteiger partial charge is 0.0385 e. The Bertz CT molecular complexity index is 408. The lowest BCUT2D eigenvalue weighted by Gasteiger charge is -2.26. The lowest BCUT2D eigenvalue weighted by Crippen LogP contribution is -2.29. The maximum atomic E-state index is 3.71. The van der Waals surface area contributed by atoms with Crippen LogP contribution in [0, 0.1) is 5.92 Å². The monoisotopic (exact) mass is 258 g/mol. The fraction of sp³-hybridized carbons (Fsp3) is 0.647. The van der Waals surface area contributed by atoms with Gasteiger partial charge in [0.2, 0.25) is 0 Å². The van der Waals surface area contributed by atoms with Crippen LogP contribution >= 0.6 is 0 Å². The van der Waals surface area contributed by atoms with Gasteiger partial charge in [-0.1, -0.05) is 31.2 Å². The standard InChI is InChI=1S/C17H26N2/c1-3-13-4-6-14(7-5-13)17-15(10-11-19(17)2)12-18-16-8-9-16/h4-7,15-18H,3,8-12H2,1-2H3. The van der Waals surface area contributed by atoms with Gasteiger partial charge in [0.05, 0.1) is 0 Å². The van der Waals surface area contributed by atoms with Crippen molar-refractivity contribution < 1.29 is 0 Å². The molecule has 1 saturated carbocycles. The van der Waals surface area contributed by atoms with E-state index in [9.17, 15) is 0 Å². The zero-order chi connectivity index (χ0) is 13.2. The van der Waals surface area contributed by atoms with Gasteiger partial charge in [0.15, 0.2) is 0 Å². The number of aryl methyl sites for hydroxylation is 1. The highest BCUT2D eigenvalue weighted by molar-refractivity contribution is 5.26. The Balaban J connectivity index is 1.70. The number of rotatable bonds is 5. The summed E-state index contributed by atoms with van der Waals surface area (Å²) < 4.78 is 0. The van der Waals surface area contributed by atoms with Crippen molar-refractivity contribution in [1.29, 1.82) is 0 Å². The van der Waals surface area contributed by atoms with E-state index in [0.717, 1.165) is 18.4 Å². The molecule has 1 saturated heterocycles. The summed E-state index contributed by atoms with van der Waals surface area (Å²) in [6.07, 6.45) is 5.24. The first-order valence-corrected chi connectivity index (χ1v) is 7.80. The van der Waals surface area contributed by atoms with Crippen molar-refractivity contribution in [2.45, 2.75) is 44.7 Å². The van der Waals surface area contributed by atoms with Crippen molar-refractivity contribution in [3.8, 4) is 0 Å². The molecule has 1 aliphatic carbocycles. The van der Waals surface area contributed by atoms with Crippen LogP contribution in [0.5, 0.6) is 0 Å². The van der Waals surface area contributed by atoms with Gasteiger partial charge in [-0.2, -0.15) is 0 Å². The lowest BCUT2D eigenvalue weighted by molar-refractivity contribution is 0.272. The molecule has 0 radical (unpaired) electrons. The molecule has 1 aliphatic heterocycles. The molecule has 2 aliphatic rings. The molecule has 2 fully saturated rings. The molecule has 2 atom stereocenters. The normalized spacial score (nSPS) is 27.9. The Morgan fingerprint density at radius 2 is 1.89 bits per heavy atom. The van der Waals surface area contributed by atoms with Crippen molar-refractivity contribution in [3.63, 3.8) is 0 Å². The largest absolute Gasteiger partial charge is 0.314 e. The van der Waals surface area contributed by atoms with Gasteiger partial charge in [0.25, 0.3) is 0 Å². The SMILES string of the molecule is CCc1ccc(C2C(CNC3CC3)CCN2C)cc1. The molecule has 1 aromatic rings. The molecule has 0 amide bonds. The van der Waals surface area contributed by atoms with E-state index in [4.69, 9.17) is 0 Å². The summed E-state index contributed by atoms with van der Waals surface area (Å²) in [6, 6.07) is 10.7. The van der Waals surface area contributed by atoms with Gasteiger partial charge in [-0.15, -0.1) is 0 Å². The zero-order valence-corrected chi connectivity index (χ0v) is 12.2. The number of likely N-dealkylation sites (tertiary alicyclic amines) is 1. The van der Waals surface area contributed by atoms with Crippen LogP contribution in [-0.4, -0.2) is 31.1 Å². The molecule has 19 heavy (non-hydrogen) atoms. The molecule has 2 heteroatoms. The van der Waals surface area contributed by atoms with Crippen LogP contribution in [0.3, 0.4) is 0 Å². The number of hydrogen-bond donors (Lipinski definition) is 1. The van der Waals surface area contributed by atoms with Gasteiger partial charge in [-0.05, 0) is 56.3 Å². The predicted molar refractivity (Wildman–Crippen MR) is 80.3 cm³/mol. The van der Waals surface area contributed by atoms with Crippen LogP contribution in [0.1, 0.15) is 43.4 Å². The third kappa shape index (κ3) is 3.01. The third-order valence-electron chi connectivity index (χ3n) is 4.75. The summed E-state index contributed by atoms with van der Waals surface area (Å²) >= 11 is 0. The number of nitrogens with one attached hydrogen (secondary N) is 1. The van der Waals surface area contributed by atoms with Gasteiger partial charge >= 0.3 is 0 Å². The van der Waals surface area contributed by atoms with E-state index < -0.39 is 0 Å². The molecular formula is C17H26N2. The summed E-state index contributed by atoms with van der Waals surface area (Å²) in [5, 5.41) is 3.71. The van der Waals surface area contributed by atoms with E-state index in [0.29, 0.717) is 6.04 Å². The Hall–Kier alpha value is -0.860. The third-order valence-corrected chi connectivity index (χ3v) is 4.75. The summed E-state index contributed by atoms with van der Waals surface area (Å²) in [5.74, 6) is 0.776. The average Bonchev–Trinajstić information content (AvgIpc) is 3.20. The fourth-order valence-corrected chi connectivity index (χ4v) is 3.32. The van der Waals surface area contributed by atoms with Crippen molar-refractivity contribution in [1.82, 2.24) is 10.2 Å². The quantitative estimate of drug-likeness (QED) is 0.873. The predicted octanol–water partition coefficient (Wildman–Crippen LogP) is 2.99. The summed E-state index contributed by atoms with van der Waals surface area (Å²) in [5.41, 5.74) is 2.94. The molecule has 1 aromatic carbocycles. The zero-order valence-electron chi connectivity index (χ0n) is 12.2. The second-order valence-electron chi connectivity index (χ2n) is 6.25. The van der Waals surface area contributed by atoms with Gasteiger partial charge < -0.3 is 5.32 Å². The van der Waals surface area contributed by atoms with Crippen LogP contribution in [0.15, 0.2) is 24.3 Å². The number of nitrogens with zero attached hydrogens (tertiary/aromatic N) is 1. The second-order valence-corrected chi connectivity index (χ2v) is 6.25. The van der Waals surface area contributed by atoms with Gasteiger partial charge in [0, 0.05) is 18.6 Å². The van der Waals surface area contributed by atoms with Gasteiger partial charge in [0.1, 0.15) is 0 Å². The van der Waals surface area contributed by atoms with E-state index >= 15 is 0 Å². The first-order chi connectivity index (χ1) is 9.28. The highest BCUT2D eigenvalue weighted by atomic mass is 15.2. The van der Waals surface area contributed by atoms with Crippen molar-refractivity contribution in [3.05, 3.63) is 35.4 Å². The maximum Gasteiger partial charge on any atom is 0.0385 e. The molecule has 104 valence electrons. The molecule has 0 aromatic heterocycles. The van der Waals surface area contributed by atoms with Crippen LogP contribution < -0.4 is 5.32 Å². The maximum absolute atomic E-state index is 3.71. The number of benzene rings is 1. The first kappa shape index (κ1) is 13.1. The molecule has 1 N–H and O–H groups in total. The van der Waals surface area contributed by atoms with Crippen molar-refractivity contribution in [2.24, 2.45) is 5.92 Å². The van der Waals surface area contributed by atoms with Crippen LogP contribution in [0.2, 0.25) is 0 Å². The number of hydrogen-bond acceptors (Lipinski definition) is 2. The molecule has 0 spiro atoms. The van der Waals surface area contributed by atoms with Crippen LogP contribution in [0.25, 0.3) is 0 Å². The molecule has 2 unspecified atom stereocenters. The minimum Gasteiger partial charge on any atom is -0.314 e. The molecular weight excluding hydrogens is 232 g/mol. The summed E-state index contributed by atoms with van der Waals surface area (Å²) in [4.78, 5) is 2.53. The highest BCUT2D eigenvalue weighted by Crippen LogP contribution is 2.36. The highest BCUT2D eigenvalue weighted by Gasteiger charge is 2.33. The molecule has 1 heterocycles. The van der Waals surface area contributed by atoms with Crippen LogP contribution in [0.4, 0.5) is 0 Å². The Labute approximate surface area is 117 Å². The molecule has 3 rings (SSSR count). The average molecular weight is 258 g/mol. The van der Waals surface area contributed by atoms with Gasteiger partial charge in [-0.25, -0.2) is 0 Å². The van der Waals surface area contributed by atoms with Crippen molar-refractivity contribution >= 4 is 0 Å². The summed E-state index contributed by atoms with van der Waals surface area (Å²) in [6.45, 7) is 4.64. The van der Waals surface area contributed by atoms with Gasteiger partial charge in [-0.3, -0.25) is 4.90 Å².